The zero-order chi connectivity index (χ0) is 20.1. The van der Waals surface area contributed by atoms with Crippen molar-refractivity contribution in [3.63, 3.8) is 0 Å². The van der Waals surface area contributed by atoms with Crippen molar-refractivity contribution in [3.05, 3.63) is 83.4 Å². The monoisotopic (exact) mass is 375 g/mol. The van der Waals surface area contributed by atoms with Gasteiger partial charge in [0, 0.05) is 5.69 Å². The van der Waals surface area contributed by atoms with Crippen molar-refractivity contribution < 1.29 is 19.4 Å². The summed E-state index contributed by atoms with van der Waals surface area (Å²) in [4.78, 5) is 21.7. The maximum absolute atomic E-state index is 11.2. The Labute approximate surface area is 163 Å². The number of hydrogen-bond donors (Lipinski definition) is 2. The molecule has 142 valence electrons. The van der Waals surface area contributed by atoms with Crippen LogP contribution in [0.5, 0.6) is 5.75 Å². The van der Waals surface area contributed by atoms with Crippen LogP contribution < -0.4 is 10.1 Å². The van der Waals surface area contributed by atoms with Crippen molar-refractivity contribution in [2.45, 2.75) is 20.5 Å². The van der Waals surface area contributed by atoms with E-state index in [-0.39, 0.29) is 0 Å². The van der Waals surface area contributed by atoms with Crippen molar-refractivity contribution in [1.29, 1.82) is 0 Å². The van der Waals surface area contributed by atoms with Gasteiger partial charge in [-0.05, 0) is 72.0 Å². The second kappa shape index (κ2) is 8.39. The molecule has 1 amide bonds. The van der Waals surface area contributed by atoms with Gasteiger partial charge in [-0.1, -0.05) is 36.4 Å². The first kappa shape index (κ1) is 19.2. The van der Waals surface area contributed by atoms with Gasteiger partial charge in [0.05, 0.1) is 0 Å². The Morgan fingerprint density at radius 1 is 0.929 bits per heavy atom. The molecule has 5 heteroatoms. The fourth-order valence-corrected chi connectivity index (χ4v) is 3.07. The van der Waals surface area contributed by atoms with E-state index in [1.165, 1.54) is 16.7 Å². The summed E-state index contributed by atoms with van der Waals surface area (Å²) in [6.07, 6.45) is 0. The van der Waals surface area contributed by atoms with E-state index in [9.17, 15) is 9.59 Å². The molecule has 0 atom stereocenters. The second-order valence-electron chi connectivity index (χ2n) is 6.54. The van der Waals surface area contributed by atoms with Gasteiger partial charge < -0.3 is 15.2 Å². The Balaban J connectivity index is 1.68. The van der Waals surface area contributed by atoms with Crippen molar-refractivity contribution >= 4 is 17.6 Å². The molecule has 0 radical (unpaired) electrons. The number of carboxylic acids is 1. The SMILES string of the molecule is Cc1cccc(C)c1-c1cccc(COc2ccc(NC(=O)C(=O)O)cc2)c1. The smallest absolute Gasteiger partial charge is 0.394 e. The van der Waals surface area contributed by atoms with Crippen LogP contribution in [0.25, 0.3) is 11.1 Å². The van der Waals surface area contributed by atoms with Crippen LogP contribution in [0.4, 0.5) is 5.69 Å². The summed E-state index contributed by atoms with van der Waals surface area (Å²) in [5.74, 6) is -1.97. The number of hydrogen-bond acceptors (Lipinski definition) is 3. The molecular weight excluding hydrogens is 354 g/mol. The van der Waals surface area contributed by atoms with Crippen LogP contribution in [-0.4, -0.2) is 17.0 Å². The molecule has 3 aromatic rings. The summed E-state index contributed by atoms with van der Waals surface area (Å²) in [6, 6.07) is 21.1. The lowest BCUT2D eigenvalue weighted by Crippen LogP contribution is -2.21. The maximum atomic E-state index is 11.2. The quantitative estimate of drug-likeness (QED) is 0.641. The number of rotatable bonds is 5. The molecule has 0 fully saturated rings. The third-order valence-electron chi connectivity index (χ3n) is 4.41. The largest absolute Gasteiger partial charge is 0.489 e. The third kappa shape index (κ3) is 4.57. The predicted molar refractivity (Wildman–Crippen MR) is 108 cm³/mol. The van der Waals surface area contributed by atoms with Gasteiger partial charge in [-0.3, -0.25) is 4.79 Å². The molecule has 0 heterocycles. The average molecular weight is 375 g/mol. The molecule has 0 bridgehead atoms. The molecule has 0 spiro atoms. The topological polar surface area (TPSA) is 75.6 Å². The minimum Gasteiger partial charge on any atom is -0.489 e. The van der Waals surface area contributed by atoms with E-state index in [1.807, 2.05) is 12.1 Å². The lowest BCUT2D eigenvalue weighted by atomic mass is 9.95. The zero-order valence-electron chi connectivity index (χ0n) is 15.7. The number of nitrogens with one attached hydrogen (secondary N) is 1. The van der Waals surface area contributed by atoms with E-state index < -0.39 is 11.9 Å². The predicted octanol–water partition coefficient (Wildman–Crippen LogP) is 4.57. The normalized spacial score (nSPS) is 10.4. The van der Waals surface area contributed by atoms with E-state index in [0.717, 1.165) is 11.1 Å². The van der Waals surface area contributed by atoms with Gasteiger partial charge in [-0.2, -0.15) is 0 Å². The number of aliphatic carboxylic acids is 1. The van der Waals surface area contributed by atoms with Crippen LogP contribution in [0.2, 0.25) is 0 Å². The molecule has 0 unspecified atom stereocenters. The summed E-state index contributed by atoms with van der Waals surface area (Å²) in [6.45, 7) is 4.62. The van der Waals surface area contributed by atoms with Crippen molar-refractivity contribution in [1.82, 2.24) is 0 Å². The van der Waals surface area contributed by atoms with Crippen LogP contribution in [-0.2, 0) is 16.2 Å². The van der Waals surface area contributed by atoms with Crippen LogP contribution in [0.1, 0.15) is 16.7 Å². The Bertz CT molecular complexity index is 989. The molecule has 3 rings (SSSR count). The first-order valence-electron chi connectivity index (χ1n) is 8.86. The van der Waals surface area contributed by atoms with Gasteiger partial charge >= 0.3 is 11.9 Å². The van der Waals surface area contributed by atoms with Gasteiger partial charge in [-0.25, -0.2) is 4.79 Å². The second-order valence-corrected chi connectivity index (χ2v) is 6.54. The van der Waals surface area contributed by atoms with Gasteiger partial charge in [0.15, 0.2) is 0 Å². The van der Waals surface area contributed by atoms with Gasteiger partial charge in [0.1, 0.15) is 12.4 Å². The minimum absolute atomic E-state index is 0.400. The molecule has 5 nitrogen and oxygen atoms in total. The van der Waals surface area contributed by atoms with E-state index in [1.54, 1.807) is 24.3 Å². The Hall–Kier alpha value is -3.60. The molecule has 3 aromatic carbocycles. The summed E-state index contributed by atoms with van der Waals surface area (Å²) < 4.78 is 5.82. The number of ether oxygens (including phenoxy) is 1. The molecule has 0 aliphatic heterocycles. The average Bonchev–Trinajstić information content (AvgIpc) is 2.67. The van der Waals surface area contributed by atoms with Crippen LogP contribution >= 0.6 is 0 Å². The van der Waals surface area contributed by atoms with E-state index >= 15 is 0 Å². The molecule has 0 aliphatic carbocycles. The fourth-order valence-electron chi connectivity index (χ4n) is 3.07. The molecule has 0 saturated heterocycles. The van der Waals surface area contributed by atoms with Crippen molar-refractivity contribution in [2.75, 3.05) is 5.32 Å². The zero-order valence-corrected chi connectivity index (χ0v) is 15.7. The van der Waals surface area contributed by atoms with E-state index in [0.29, 0.717) is 18.0 Å². The number of aryl methyl sites for hydroxylation is 2. The van der Waals surface area contributed by atoms with Crippen LogP contribution in [0, 0.1) is 13.8 Å². The number of benzene rings is 3. The summed E-state index contributed by atoms with van der Waals surface area (Å²) in [5.41, 5.74) is 6.31. The molecule has 0 aliphatic rings. The maximum Gasteiger partial charge on any atom is 0.394 e. The van der Waals surface area contributed by atoms with Crippen molar-refractivity contribution in [3.8, 4) is 16.9 Å². The summed E-state index contributed by atoms with van der Waals surface area (Å²) >= 11 is 0. The lowest BCUT2D eigenvalue weighted by Gasteiger charge is -2.12. The highest BCUT2D eigenvalue weighted by Crippen LogP contribution is 2.28. The van der Waals surface area contributed by atoms with Gasteiger partial charge in [0.25, 0.3) is 0 Å². The summed E-state index contributed by atoms with van der Waals surface area (Å²) in [5, 5.41) is 10.9. The highest BCUT2D eigenvalue weighted by atomic mass is 16.5. The Morgan fingerprint density at radius 2 is 1.57 bits per heavy atom. The van der Waals surface area contributed by atoms with Crippen LogP contribution in [0.3, 0.4) is 0 Å². The molecule has 28 heavy (non-hydrogen) atoms. The minimum atomic E-state index is -1.52. The van der Waals surface area contributed by atoms with Gasteiger partial charge in [-0.15, -0.1) is 0 Å². The summed E-state index contributed by atoms with van der Waals surface area (Å²) in [7, 11) is 0. The molecular formula is C23H21NO4. The number of amides is 1. The Kier molecular flexibility index (Phi) is 5.75. The first-order valence-corrected chi connectivity index (χ1v) is 8.86. The van der Waals surface area contributed by atoms with E-state index in [4.69, 9.17) is 9.84 Å². The lowest BCUT2D eigenvalue weighted by molar-refractivity contribution is -0.147. The molecule has 2 N–H and O–H groups in total. The number of carbonyl (C=O) groups is 2. The standard InChI is InChI=1S/C23H21NO4/c1-15-5-3-6-16(2)21(15)18-8-4-7-17(13-18)14-28-20-11-9-19(10-12-20)24-22(25)23(26)27/h3-13H,14H2,1-2H3,(H,24,25)(H,26,27). The molecule has 0 saturated carbocycles. The highest BCUT2D eigenvalue weighted by molar-refractivity contribution is 6.36. The first-order chi connectivity index (χ1) is 13.4. The van der Waals surface area contributed by atoms with Crippen molar-refractivity contribution in [2.24, 2.45) is 0 Å². The van der Waals surface area contributed by atoms with Gasteiger partial charge in [0.2, 0.25) is 0 Å². The highest BCUT2D eigenvalue weighted by Gasteiger charge is 2.11. The molecule has 0 aromatic heterocycles. The number of carbonyl (C=O) groups excluding carboxylic acids is 1. The number of anilines is 1. The van der Waals surface area contributed by atoms with E-state index in [2.05, 4.69) is 49.5 Å². The fraction of sp³-hybridized carbons (Fsp3) is 0.130. The number of carboxylic acid groups (broad SMARTS) is 1. The van der Waals surface area contributed by atoms with Crippen LogP contribution in [0.15, 0.2) is 66.7 Å². The third-order valence-corrected chi connectivity index (χ3v) is 4.41. The Morgan fingerprint density at radius 3 is 2.21 bits per heavy atom.